The van der Waals surface area contributed by atoms with Gasteiger partial charge in [0.25, 0.3) is 0 Å². The van der Waals surface area contributed by atoms with Crippen LogP contribution in [-0.2, 0) is 26.0 Å². The number of amides is 1. The highest BCUT2D eigenvalue weighted by atomic mass is 32.2. The zero-order chi connectivity index (χ0) is 26.4. The average Bonchev–Trinajstić information content (AvgIpc) is 3.36. The lowest BCUT2D eigenvalue weighted by Gasteiger charge is -2.37. The largest absolute Gasteiger partial charge is 0.491 e. The smallest absolute Gasteiger partial charge is 0.243 e. The molecule has 2 heterocycles. The van der Waals surface area contributed by atoms with Gasteiger partial charge in [0.2, 0.25) is 15.9 Å². The summed E-state index contributed by atoms with van der Waals surface area (Å²) in [5.74, 6) is -0.339. The average molecular weight is 547 g/mol. The predicted molar refractivity (Wildman–Crippen MR) is 141 cm³/mol. The second kappa shape index (κ2) is 12.2. The Bertz CT molecular complexity index is 1310. The molecule has 10 heteroatoms. The molecule has 0 aliphatic carbocycles. The first-order valence-electron chi connectivity index (χ1n) is 12.1. The molecule has 0 radical (unpaired) electrons. The number of halogens is 1. The van der Waals surface area contributed by atoms with Gasteiger partial charge in [-0.3, -0.25) is 4.79 Å². The number of fused-ring (bicyclic) bond motifs is 1. The van der Waals surface area contributed by atoms with E-state index in [9.17, 15) is 17.6 Å². The summed E-state index contributed by atoms with van der Waals surface area (Å²) in [6, 6.07) is 14.0. The number of ether oxygens (including phenoxy) is 2. The van der Waals surface area contributed by atoms with Crippen LogP contribution in [0.4, 0.5) is 4.39 Å². The van der Waals surface area contributed by atoms with Gasteiger partial charge < -0.3 is 14.4 Å². The highest BCUT2D eigenvalue weighted by molar-refractivity contribution is 7.89. The zero-order valence-electron chi connectivity index (χ0n) is 20.9. The molecule has 1 atom stereocenters. The van der Waals surface area contributed by atoms with Crippen molar-refractivity contribution in [1.82, 2.24) is 9.21 Å². The number of nitrogens with zero attached hydrogens (tertiary/aromatic N) is 2. The molecule has 1 aliphatic heterocycles. The number of rotatable bonds is 11. The Labute approximate surface area is 221 Å². The Morgan fingerprint density at radius 2 is 1.97 bits per heavy atom. The summed E-state index contributed by atoms with van der Waals surface area (Å²) in [4.78, 5) is 16.7. The summed E-state index contributed by atoms with van der Waals surface area (Å²) in [5.41, 5.74) is 1.93. The summed E-state index contributed by atoms with van der Waals surface area (Å²) in [6.07, 6.45) is 1.14. The maximum atomic E-state index is 13.7. The van der Waals surface area contributed by atoms with Crippen LogP contribution in [0.15, 0.2) is 64.9 Å². The van der Waals surface area contributed by atoms with Crippen LogP contribution in [0.5, 0.6) is 5.75 Å². The predicted octanol–water partition coefficient (Wildman–Crippen LogP) is 4.43. The molecular weight excluding hydrogens is 515 g/mol. The Kier molecular flexibility index (Phi) is 8.96. The molecule has 1 aliphatic rings. The number of carbonyl (C=O) groups is 1. The van der Waals surface area contributed by atoms with Gasteiger partial charge in [0.1, 0.15) is 18.2 Å². The van der Waals surface area contributed by atoms with Crippen molar-refractivity contribution < 1.29 is 27.1 Å². The van der Waals surface area contributed by atoms with E-state index in [0.29, 0.717) is 31.7 Å². The van der Waals surface area contributed by atoms with E-state index in [1.807, 2.05) is 18.4 Å². The lowest BCUT2D eigenvalue weighted by Crippen LogP contribution is -2.48. The molecule has 198 valence electrons. The van der Waals surface area contributed by atoms with Crippen molar-refractivity contribution in [3.63, 3.8) is 0 Å². The number of carbonyl (C=O) groups excluding carboxylic acids is 1. The Morgan fingerprint density at radius 3 is 2.70 bits per heavy atom. The third kappa shape index (κ3) is 6.56. The molecule has 0 N–H and O–H groups in total. The first-order valence-corrected chi connectivity index (χ1v) is 14.4. The standard InChI is InChI=1S/C27H31FN2O5S2/c1-20-7-9-23(10-8-20)37(32,33)29(13-4-15-34-2)18-27(31)30-14-11-26-24(12-16-36-26)25(30)19-35-22-6-3-5-21(28)17-22/h3,5-10,12,16-17,25H,4,11,13-15,18-19H2,1-2H3. The number of thiophene rings is 1. The van der Waals surface area contributed by atoms with Crippen molar-refractivity contribution in [3.8, 4) is 5.75 Å². The summed E-state index contributed by atoms with van der Waals surface area (Å²) < 4.78 is 52.9. The summed E-state index contributed by atoms with van der Waals surface area (Å²) >= 11 is 1.62. The van der Waals surface area contributed by atoms with E-state index in [-0.39, 0.29) is 30.5 Å². The van der Waals surface area contributed by atoms with E-state index in [4.69, 9.17) is 9.47 Å². The van der Waals surface area contributed by atoms with E-state index in [0.717, 1.165) is 11.1 Å². The fourth-order valence-electron chi connectivity index (χ4n) is 4.38. The van der Waals surface area contributed by atoms with Crippen molar-refractivity contribution in [2.24, 2.45) is 0 Å². The number of sulfonamides is 1. The molecule has 0 bridgehead atoms. The Morgan fingerprint density at radius 1 is 1.19 bits per heavy atom. The maximum Gasteiger partial charge on any atom is 0.243 e. The minimum absolute atomic E-state index is 0.132. The Hall–Kier alpha value is -2.79. The molecule has 1 amide bonds. The van der Waals surface area contributed by atoms with E-state index in [1.54, 1.807) is 59.7 Å². The van der Waals surface area contributed by atoms with Crippen LogP contribution < -0.4 is 4.74 Å². The van der Waals surface area contributed by atoms with Crippen molar-refractivity contribution in [2.45, 2.75) is 30.7 Å². The van der Waals surface area contributed by atoms with Crippen LogP contribution in [0.1, 0.15) is 28.5 Å². The van der Waals surface area contributed by atoms with Gasteiger partial charge in [0.15, 0.2) is 0 Å². The summed E-state index contributed by atoms with van der Waals surface area (Å²) in [7, 11) is -2.34. The number of methoxy groups -OCH3 is 1. The van der Waals surface area contributed by atoms with Gasteiger partial charge >= 0.3 is 0 Å². The van der Waals surface area contributed by atoms with Gasteiger partial charge in [-0.2, -0.15) is 4.31 Å². The fourth-order valence-corrected chi connectivity index (χ4v) is 6.73. The molecule has 1 unspecified atom stereocenters. The summed E-state index contributed by atoms with van der Waals surface area (Å²) in [5, 5.41) is 1.98. The van der Waals surface area contributed by atoms with Crippen LogP contribution in [0.3, 0.4) is 0 Å². The molecule has 3 aromatic rings. The van der Waals surface area contributed by atoms with Crippen LogP contribution in [0, 0.1) is 12.7 Å². The zero-order valence-corrected chi connectivity index (χ0v) is 22.6. The van der Waals surface area contributed by atoms with Gasteiger partial charge in [0.05, 0.1) is 17.5 Å². The van der Waals surface area contributed by atoms with Crippen LogP contribution in [0.2, 0.25) is 0 Å². The van der Waals surface area contributed by atoms with Crippen molar-refractivity contribution in [1.29, 1.82) is 0 Å². The molecule has 2 aromatic carbocycles. The third-order valence-corrected chi connectivity index (χ3v) is 9.20. The van der Waals surface area contributed by atoms with E-state index < -0.39 is 21.9 Å². The Balaban J connectivity index is 1.56. The topological polar surface area (TPSA) is 76.2 Å². The molecule has 0 fully saturated rings. The number of hydrogen-bond donors (Lipinski definition) is 0. The summed E-state index contributed by atoms with van der Waals surface area (Å²) in [6.45, 7) is 2.69. The number of aryl methyl sites for hydroxylation is 1. The lowest BCUT2D eigenvalue weighted by molar-refractivity contribution is -0.135. The van der Waals surface area contributed by atoms with E-state index in [1.165, 1.54) is 21.3 Å². The molecule has 4 rings (SSSR count). The quantitative estimate of drug-likeness (QED) is 0.333. The maximum absolute atomic E-state index is 13.7. The van der Waals surface area contributed by atoms with E-state index in [2.05, 4.69) is 0 Å². The molecule has 0 saturated carbocycles. The molecular formula is C27H31FN2O5S2. The van der Waals surface area contributed by atoms with Crippen molar-refractivity contribution in [3.05, 3.63) is 81.8 Å². The van der Waals surface area contributed by atoms with Gasteiger partial charge in [-0.15, -0.1) is 11.3 Å². The normalized spacial score (nSPS) is 15.6. The number of benzene rings is 2. The second-order valence-electron chi connectivity index (χ2n) is 8.92. The van der Waals surface area contributed by atoms with E-state index >= 15 is 0 Å². The molecule has 0 saturated heterocycles. The lowest BCUT2D eigenvalue weighted by atomic mass is 10.0. The fraction of sp³-hybridized carbons (Fsp3) is 0.370. The number of hydrogen-bond acceptors (Lipinski definition) is 6. The minimum Gasteiger partial charge on any atom is -0.491 e. The first kappa shape index (κ1) is 27.3. The highest BCUT2D eigenvalue weighted by Crippen LogP contribution is 2.34. The second-order valence-corrected chi connectivity index (χ2v) is 11.9. The minimum atomic E-state index is -3.90. The molecule has 7 nitrogen and oxygen atoms in total. The van der Waals surface area contributed by atoms with Crippen LogP contribution in [0.25, 0.3) is 0 Å². The SMILES string of the molecule is COCCCN(CC(=O)N1CCc2sccc2C1COc1cccc(F)c1)S(=O)(=O)c1ccc(C)cc1. The van der Waals surface area contributed by atoms with Crippen LogP contribution in [-0.4, -0.2) is 63.5 Å². The van der Waals surface area contributed by atoms with Crippen LogP contribution >= 0.6 is 11.3 Å². The van der Waals surface area contributed by atoms with Gasteiger partial charge in [-0.25, -0.2) is 12.8 Å². The third-order valence-electron chi connectivity index (χ3n) is 6.35. The van der Waals surface area contributed by atoms with Gasteiger partial charge in [-0.05, 0) is 61.0 Å². The molecule has 1 aromatic heterocycles. The monoisotopic (exact) mass is 546 g/mol. The molecule has 37 heavy (non-hydrogen) atoms. The van der Waals surface area contributed by atoms with Crippen molar-refractivity contribution >= 4 is 27.3 Å². The first-order chi connectivity index (χ1) is 17.8. The van der Waals surface area contributed by atoms with Crippen molar-refractivity contribution in [2.75, 3.05) is 40.0 Å². The van der Waals surface area contributed by atoms with Gasteiger partial charge in [0, 0.05) is 37.7 Å². The van der Waals surface area contributed by atoms with Gasteiger partial charge in [-0.1, -0.05) is 23.8 Å². The highest BCUT2D eigenvalue weighted by Gasteiger charge is 2.35. The molecule has 0 spiro atoms.